The van der Waals surface area contributed by atoms with E-state index >= 15 is 0 Å². The highest BCUT2D eigenvalue weighted by Gasteiger charge is 2.29. The van der Waals surface area contributed by atoms with Crippen molar-refractivity contribution >= 4 is 5.91 Å². The number of hydrogen-bond donors (Lipinski definition) is 2. The van der Waals surface area contributed by atoms with Gasteiger partial charge in [0, 0.05) is 6.54 Å². The van der Waals surface area contributed by atoms with Gasteiger partial charge in [-0.15, -0.1) is 0 Å². The molecule has 2 aromatic rings. The molecule has 0 aliphatic rings. The van der Waals surface area contributed by atoms with Gasteiger partial charge in [0.25, 0.3) is 0 Å². The molecule has 2 aromatic carbocycles. The number of aliphatic hydroxyl groups is 1. The van der Waals surface area contributed by atoms with E-state index in [0.717, 1.165) is 23.1 Å². The molecule has 0 saturated carbocycles. The molecule has 2 rings (SSSR count). The Bertz CT molecular complexity index is 743. The molecule has 0 atom stereocenters. The van der Waals surface area contributed by atoms with Gasteiger partial charge in [-0.05, 0) is 49.1 Å². The van der Waals surface area contributed by atoms with Crippen molar-refractivity contribution < 1.29 is 9.90 Å². The predicted octanol–water partition coefficient (Wildman–Crippen LogP) is 2.69. The van der Waals surface area contributed by atoms with Crippen LogP contribution < -0.4 is 5.32 Å². The molecule has 0 heterocycles. The highest BCUT2D eigenvalue weighted by molar-refractivity contribution is 5.87. The van der Waals surface area contributed by atoms with E-state index < -0.39 is 5.41 Å². The largest absolute Gasteiger partial charge is 0.392 e. The molecule has 124 valence electrons. The van der Waals surface area contributed by atoms with Crippen LogP contribution in [-0.4, -0.2) is 17.6 Å². The van der Waals surface area contributed by atoms with E-state index in [2.05, 4.69) is 11.4 Å². The van der Waals surface area contributed by atoms with Gasteiger partial charge in [-0.2, -0.15) is 5.26 Å². The number of amides is 1. The molecule has 2 N–H and O–H groups in total. The van der Waals surface area contributed by atoms with E-state index in [9.17, 15) is 4.79 Å². The number of benzene rings is 2. The van der Waals surface area contributed by atoms with Gasteiger partial charge >= 0.3 is 0 Å². The van der Waals surface area contributed by atoms with Crippen molar-refractivity contribution in [1.82, 2.24) is 5.32 Å². The number of carbonyl (C=O) groups is 1. The Morgan fingerprint density at radius 2 is 1.83 bits per heavy atom. The van der Waals surface area contributed by atoms with Gasteiger partial charge in [-0.3, -0.25) is 4.79 Å². The highest BCUT2D eigenvalue weighted by Crippen LogP contribution is 2.24. The number of nitrogens with zero attached hydrogens (tertiary/aromatic N) is 1. The zero-order chi connectivity index (χ0) is 17.6. The van der Waals surface area contributed by atoms with Gasteiger partial charge in [0.05, 0.1) is 23.7 Å². The number of carbonyl (C=O) groups excluding carboxylic acids is 1. The van der Waals surface area contributed by atoms with E-state index in [-0.39, 0.29) is 12.5 Å². The fraction of sp³-hybridized carbons (Fsp3) is 0.300. The zero-order valence-electron chi connectivity index (χ0n) is 14.0. The molecule has 0 spiro atoms. The normalized spacial score (nSPS) is 10.9. The van der Waals surface area contributed by atoms with Gasteiger partial charge in [-0.1, -0.05) is 36.4 Å². The second kappa shape index (κ2) is 7.76. The fourth-order valence-corrected chi connectivity index (χ4v) is 2.46. The van der Waals surface area contributed by atoms with Crippen LogP contribution in [0.15, 0.2) is 48.5 Å². The first-order valence-corrected chi connectivity index (χ1v) is 7.95. The maximum atomic E-state index is 12.5. The quantitative estimate of drug-likeness (QED) is 0.859. The van der Waals surface area contributed by atoms with Crippen LogP contribution in [0.5, 0.6) is 0 Å². The summed E-state index contributed by atoms with van der Waals surface area (Å²) in [6, 6.07) is 16.9. The lowest BCUT2D eigenvalue weighted by Crippen LogP contribution is -2.40. The minimum Gasteiger partial charge on any atom is -0.392 e. The first kappa shape index (κ1) is 17.7. The number of nitriles is 1. The molecule has 0 bridgehead atoms. The molecule has 0 aromatic heterocycles. The molecule has 1 amide bonds. The van der Waals surface area contributed by atoms with Crippen LogP contribution >= 0.6 is 0 Å². The highest BCUT2D eigenvalue weighted by atomic mass is 16.3. The Balaban J connectivity index is 1.96. The van der Waals surface area contributed by atoms with Gasteiger partial charge < -0.3 is 10.4 Å². The fourth-order valence-electron chi connectivity index (χ4n) is 2.46. The van der Waals surface area contributed by atoms with E-state index in [1.807, 2.05) is 44.2 Å². The van der Waals surface area contributed by atoms with E-state index in [1.54, 1.807) is 18.2 Å². The third-order valence-corrected chi connectivity index (χ3v) is 4.19. The van der Waals surface area contributed by atoms with Crippen LogP contribution in [0, 0.1) is 11.3 Å². The molecule has 0 aliphatic carbocycles. The first-order valence-electron chi connectivity index (χ1n) is 7.95. The second-order valence-corrected chi connectivity index (χ2v) is 6.30. The summed E-state index contributed by atoms with van der Waals surface area (Å²) in [4.78, 5) is 12.5. The van der Waals surface area contributed by atoms with Gasteiger partial charge in [0.1, 0.15) is 0 Å². The zero-order valence-corrected chi connectivity index (χ0v) is 14.0. The van der Waals surface area contributed by atoms with Crippen LogP contribution in [0.25, 0.3) is 0 Å². The van der Waals surface area contributed by atoms with Gasteiger partial charge in [0.2, 0.25) is 5.91 Å². The lowest BCUT2D eigenvalue weighted by molar-refractivity contribution is -0.125. The molecular weight excluding hydrogens is 300 g/mol. The molecule has 0 aliphatic heterocycles. The van der Waals surface area contributed by atoms with Gasteiger partial charge in [0.15, 0.2) is 0 Å². The summed E-state index contributed by atoms with van der Waals surface area (Å²) in [5, 5.41) is 21.0. The average Bonchev–Trinajstić information content (AvgIpc) is 2.62. The molecule has 4 heteroatoms. The third kappa shape index (κ3) is 4.21. The average molecular weight is 322 g/mol. The molecule has 24 heavy (non-hydrogen) atoms. The van der Waals surface area contributed by atoms with E-state index in [4.69, 9.17) is 10.4 Å². The summed E-state index contributed by atoms with van der Waals surface area (Å²) in [7, 11) is 0. The summed E-state index contributed by atoms with van der Waals surface area (Å²) in [6.45, 7) is 4.29. The van der Waals surface area contributed by atoms with Gasteiger partial charge in [-0.25, -0.2) is 0 Å². The summed E-state index contributed by atoms with van der Waals surface area (Å²) >= 11 is 0. The minimum atomic E-state index is -0.701. The van der Waals surface area contributed by atoms with E-state index in [1.165, 1.54) is 0 Å². The Morgan fingerprint density at radius 1 is 1.17 bits per heavy atom. The Kier molecular flexibility index (Phi) is 5.73. The number of aliphatic hydroxyl groups excluding tert-OH is 1. The van der Waals surface area contributed by atoms with Crippen molar-refractivity contribution in [1.29, 1.82) is 5.26 Å². The van der Waals surface area contributed by atoms with Crippen LogP contribution in [-0.2, 0) is 23.2 Å². The summed E-state index contributed by atoms with van der Waals surface area (Å²) < 4.78 is 0. The van der Waals surface area contributed by atoms with Crippen LogP contribution in [0.2, 0.25) is 0 Å². The van der Waals surface area contributed by atoms with Crippen molar-refractivity contribution in [3.63, 3.8) is 0 Å². The third-order valence-electron chi connectivity index (χ3n) is 4.19. The Morgan fingerprint density at radius 3 is 2.46 bits per heavy atom. The number of rotatable bonds is 6. The van der Waals surface area contributed by atoms with Crippen molar-refractivity contribution in [2.24, 2.45) is 0 Å². The maximum Gasteiger partial charge on any atom is 0.230 e. The smallest absolute Gasteiger partial charge is 0.230 e. The summed E-state index contributed by atoms with van der Waals surface area (Å²) in [6.07, 6.45) is 0.728. The van der Waals surface area contributed by atoms with Crippen molar-refractivity contribution in [2.75, 3.05) is 6.54 Å². The van der Waals surface area contributed by atoms with Crippen LogP contribution in [0.4, 0.5) is 0 Å². The topological polar surface area (TPSA) is 73.1 Å². The number of nitrogens with one attached hydrogen (secondary N) is 1. The SMILES string of the molecule is CC(C)(C(=O)NCCc1ccc(CO)cc1)c1cccc(C#N)c1. The number of hydrogen-bond acceptors (Lipinski definition) is 3. The van der Waals surface area contributed by atoms with Crippen molar-refractivity contribution in [2.45, 2.75) is 32.3 Å². The maximum absolute atomic E-state index is 12.5. The minimum absolute atomic E-state index is 0.0347. The lowest BCUT2D eigenvalue weighted by atomic mass is 9.83. The second-order valence-electron chi connectivity index (χ2n) is 6.30. The Hall–Kier alpha value is -2.64. The molecule has 0 fully saturated rings. The molecular formula is C20H22N2O2. The van der Waals surface area contributed by atoms with E-state index in [0.29, 0.717) is 12.1 Å². The monoisotopic (exact) mass is 322 g/mol. The summed E-state index contributed by atoms with van der Waals surface area (Å²) in [5.74, 6) is -0.0652. The Labute approximate surface area is 142 Å². The standard InChI is InChI=1S/C20H22N2O2/c1-20(2,18-5-3-4-17(12-18)13-21)19(24)22-11-10-15-6-8-16(14-23)9-7-15/h3-9,12,23H,10-11,14H2,1-2H3,(H,22,24). The van der Waals surface area contributed by atoms with Crippen molar-refractivity contribution in [3.8, 4) is 6.07 Å². The van der Waals surface area contributed by atoms with Crippen LogP contribution in [0.3, 0.4) is 0 Å². The lowest BCUT2D eigenvalue weighted by Gasteiger charge is -2.24. The molecule has 0 saturated heterocycles. The molecule has 0 radical (unpaired) electrons. The predicted molar refractivity (Wildman–Crippen MR) is 93.3 cm³/mol. The van der Waals surface area contributed by atoms with Crippen molar-refractivity contribution in [3.05, 3.63) is 70.8 Å². The summed E-state index contributed by atoms with van der Waals surface area (Å²) in [5.41, 5.74) is 2.66. The van der Waals surface area contributed by atoms with Crippen LogP contribution in [0.1, 0.15) is 36.1 Å². The first-order chi connectivity index (χ1) is 11.5. The molecule has 0 unspecified atom stereocenters. The molecule has 4 nitrogen and oxygen atoms in total.